The molecule has 1 amide bonds. The lowest BCUT2D eigenvalue weighted by Crippen LogP contribution is -2.35. The maximum atomic E-state index is 13.1. The summed E-state index contributed by atoms with van der Waals surface area (Å²) < 4.78 is 27.6. The Balaban J connectivity index is 1.51. The van der Waals surface area contributed by atoms with E-state index < -0.39 is 10.0 Å². The van der Waals surface area contributed by atoms with Crippen LogP contribution in [0, 0.1) is 0 Å². The fourth-order valence-electron chi connectivity index (χ4n) is 4.24. The van der Waals surface area contributed by atoms with Crippen molar-refractivity contribution < 1.29 is 13.2 Å². The third-order valence-electron chi connectivity index (χ3n) is 5.92. The molecule has 0 spiro atoms. The van der Waals surface area contributed by atoms with Crippen LogP contribution in [0.1, 0.15) is 48.0 Å². The summed E-state index contributed by atoms with van der Waals surface area (Å²) in [5, 5.41) is 3.03. The van der Waals surface area contributed by atoms with Gasteiger partial charge in [-0.25, -0.2) is 8.42 Å². The molecule has 31 heavy (non-hydrogen) atoms. The Bertz CT molecular complexity index is 1050. The van der Waals surface area contributed by atoms with Gasteiger partial charge < -0.3 is 5.32 Å². The second kappa shape index (κ2) is 9.69. The molecule has 4 rings (SSSR count). The zero-order chi connectivity index (χ0) is 21.8. The van der Waals surface area contributed by atoms with E-state index in [9.17, 15) is 13.2 Å². The normalized spacial score (nSPS) is 18.2. The minimum atomic E-state index is -3.73. The monoisotopic (exact) mass is 461 g/mol. The van der Waals surface area contributed by atoms with E-state index >= 15 is 0 Å². The third kappa shape index (κ3) is 5.29. The van der Waals surface area contributed by atoms with Crippen molar-refractivity contribution in [2.45, 2.75) is 43.5 Å². The highest BCUT2D eigenvalue weighted by atomic mass is 35.5. The van der Waals surface area contributed by atoms with Crippen molar-refractivity contribution in [3.8, 4) is 0 Å². The van der Waals surface area contributed by atoms with Crippen LogP contribution in [0.25, 0.3) is 0 Å². The minimum Gasteiger partial charge on any atom is -0.322 e. The molecular weight excluding hydrogens is 434 g/mol. The third-order valence-corrected chi connectivity index (χ3v) is 8.30. The molecule has 2 saturated heterocycles. The van der Waals surface area contributed by atoms with Gasteiger partial charge >= 0.3 is 0 Å². The van der Waals surface area contributed by atoms with Crippen molar-refractivity contribution in [3.63, 3.8) is 0 Å². The molecule has 2 fully saturated rings. The molecule has 0 saturated carbocycles. The number of halogens is 1. The van der Waals surface area contributed by atoms with Gasteiger partial charge in [0.2, 0.25) is 10.0 Å². The topological polar surface area (TPSA) is 69.7 Å². The van der Waals surface area contributed by atoms with Gasteiger partial charge in [-0.2, -0.15) is 4.31 Å². The van der Waals surface area contributed by atoms with Gasteiger partial charge in [-0.1, -0.05) is 30.2 Å². The fourth-order valence-corrected chi connectivity index (χ4v) is 6.25. The Morgan fingerprint density at radius 3 is 2.39 bits per heavy atom. The van der Waals surface area contributed by atoms with E-state index in [0.717, 1.165) is 44.5 Å². The molecule has 0 bridgehead atoms. The zero-order valence-electron chi connectivity index (χ0n) is 17.5. The second-order valence-corrected chi connectivity index (χ2v) is 10.6. The number of carbonyl (C=O) groups is 1. The van der Waals surface area contributed by atoms with Gasteiger partial charge in [0, 0.05) is 30.9 Å². The lowest BCUT2D eigenvalue weighted by atomic mass is 10.1. The molecule has 2 heterocycles. The molecule has 2 aromatic rings. The summed E-state index contributed by atoms with van der Waals surface area (Å²) in [4.78, 5) is 15.3. The molecule has 0 aliphatic carbocycles. The van der Waals surface area contributed by atoms with Gasteiger partial charge in [-0.15, -0.1) is 0 Å². The van der Waals surface area contributed by atoms with E-state index in [1.807, 2.05) is 18.2 Å². The summed E-state index contributed by atoms with van der Waals surface area (Å²) in [6.07, 6.45) is 5.17. The lowest BCUT2D eigenvalue weighted by Gasteiger charge is -2.26. The highest BCUT2D eigenvalue weighted by Gasteiger charge is 2.28. The predicted octanol–water partition coefficient (Wildman–Crippen LogP) is 4.36. The number of amides is 1. The first-order chi connectivity index (χ1) is 14.9. The predicted molar refractivity (Wildman–Crippen MR) is 123 cm³/mol. The molecule has 2 aliphatic heterocycles. The first-order valence-corrected chi connectivity index (χ1v) is 12.7. The molecule has 166 valence electrons. The number of likely N-dealkylation sites (tertiary alicyclic amines) is 1. The Labute approximate surface area is 189 Å². The molecule has 8 heteroatoms. The molecule has 0 radical (unpaired) electrons. The van der Waals surface area contributed by atoms with E-state index in [4.69, 9.17) is 11.6 Å². The zero-order valence-corrected chi connectivity index (χ0v) is 19.1. The Hall–Kier alpha value is -1.93. The minimum absolute atomic E-state index is 0.00787. The van der Waals surface area contributed by atoms with Crippen LogP contribution in [0.3, 0.4) is 0 Å². The van der Waals surface area contributed by atoms with E-state index in [1.54, 1.807) is 6.07 Å². The van der Waals surface area contributed by atoms with Crippen molar-refractivity contribution in [2.24, 2.45) is 0 Å². The summed E-state index contributed by atoms with van der Waals surface area (Å²) in [5.74, 6) is -0.356. The standard InChI is InChI=1S/C23H28ClN3O3S/c24-21-10-9-19(16-22(21)31(29,30)27-13-2-1-3-14-27)23(28)25-20-8-6-7-18(15-20)17-26-11-4-5-12-26/h6-10,15-16H,1-5,11-14,17H2,(H,25,28). The number of piperidine rings is 1. The van der Waals surface area contributed by atoms with Crippen LogP contribution >= 0.6 is 11.6 Å². The Morgan fingerprint density at radius 2 is 1.65 bits per heavy atom. The number of anilines is 1. The number of sulfonamides is 1. The van der Waals surface area contributed by atoms with Crippen LogP contribution in [-0.4, -0.2) is 49.7 Å². The number of nitrogens with one attached hydrogen (secondary N) is 1. The van der Waals surface area contributed by atoms with E-state index in [-0.39, 0.29) is 21.4 Å². The summed E-state index contributed by atoms with van der Waals surface area (Å²) in [6, 6.07) is 12.2. The number of hydrogen-bond acceptors (Lipinski definition) is 4. The van der Waals surface area contributed by atoms with Crippen LogP contribution in [-0.2, 0) is 16.6 Å². The average molecular weight is 462 g/mol. The van der Waals surface area contributed by atoms with Gasteiger partial charge in [0.05, 0.1) is 5.02 Å². The second-order valence-electron chi connectivity index (χ2n) is 8.25. The molecule has 2 aliphatic rings. The maximum absolute atomic E-state index is 13.1. The smallest absolute Gasteiger partial charge is 0.255 e. The molecule has 2 aromatic carbocycles. The quantitative estimate of drug-likeness (QED) is 0.693. The van der Waals surface area contributed by atoms with Crippen LogP contribution < -0.4 is 5.32 Å². The van der Waals surface area contributed by atoms with Crippen molar-refractivity contribution >= 4 is 33.2 Å². The Kier molecular flexibility index (Phi) is 6.96. The summed E-state index contributed by atoms with van der Waals surface area (Å²) >= 11 is 6.22. The maximum Gasteiger partial charge on any atom is 0.255 e. The van der Waals surface area contributed by atoms with Crippen LogP contribution in [0.2, 0.25) is 5.02 Å². The van der Waals surface area contributed by atoms with Crippen molar-refractivity contribution in [1.82, 2.24) is 9.21 Å². The van der Waals surface area contributed by atoms with Crippen molar-refractivity contribution in [3.05, 3.63) is 58.6 Å². The molecule has 0 aromatic heterocycles. The molecular formula is C23H28ClN3O3S. The van der Waals surface area contributed by atoms with Crippen LogP contribution in [0.4, 0.5) is 5.69 Å². The summed E-state index contributed by atoms with van der Waals surface area (Å²) in [7, 11) is -3.73. The highest BCUT2D eigenvalue weighted by molar-refractivity contribution is 7.89. The molecule has 0 unspecified atom stereocenters. The number of benzene rings is 2. The molecule has 1 N–H and O–H groups in total. The van der Waals surface area contributed by atoms with E-state index in [2.05, 4.69) is 16.3 Å². The van der Waals surface area contributed by atoms with Crippen molar-refractivity contribution in [2.75, 3.05) is 31.5 Å². The van der Waals surface area contributed by atoms with E-state index in [0.29, 0.717) is 18.8 Å². The summed E-state index contributed by atoms with van der Waals surface area (Å²) in [6.45, 7) is 4.05. The first kappa shape index (κ1) is 22.3. The average Bonchev–Trinajstić information content (AvgIpc) is 3.28. The van der Waals surface area contributed by atoms with E-state index in [1.165, 1.54) is 29.3 Å². The Morgan fingerprint density at radius 1 is 0.935 bits per heavy atom. The molecule has 6 nitrogen and oxygen atoms in total. The highest BCUT2D eigenvalue weighted by Crippen LogP contribution is 2.28. The van der Waals surface area contributed by atoms with Gasteiger partial charge in [0.15, 0.2) is 0 Å². The lowest BCUT2D eigenvalue weighted by molar-refractivity contribution is 0.102. The summed E-state index contributed by atoms with van der Waals surface area (Å²) in [5.41, 5.74) is 2.10. The first-order valence-electron chi connectivity index (χ1n) is 10.9. The van der Waals surface area contributed by atoms with Gasteiger partial charge in [-0.3, -0.25) is 9.69 Å². The van der Waals surface area contributed by atoms with Gasteiger partial charge in [0.1, 0.15) is 4.90 Å². The fraction of sp³-hybridized carbons (Fsp3) is 0.435. The SMILES string of the molecule is O=C(Nc1cccc(CN2CCCC2)c1)c1ccc(Cl)c(S(=O)(=O)N2CCCCC2)c1. The number of carbonyl (C=O) groups excluding carboxylic acids is 1. The van der Waals surface area contributed by atoms with Crippen LogP contribution in [0.15, 0.2) is 47.4 Å². The number of rotatable bonds is 6. The largest absolute Gasteiger partial charge is 0.322 e. The number of hydrogen-bond donors (Lipinski definition) is 1. The van der Waals surface area contributed by atoms with Gasteiger partial charge in [-0.05, 0) is 74.7 Å². The van der Waals surface area contributed by atoms with Gasteiger partial charge in [0.25, 0.3) is 5.91 Å². The van der Waals surface area contributed by atoms with Crippen LogP contribution in [0.5, 0.6) is 0 Å². The van der Waals surface area contributed by atoms with Crippen molar-refractivity contribution in [1.29, 1.82) is 0 Å². The number of nitrogens with zero attached hydrogens (tertiary/aromatic N) is 2. The molecule has 0 atom stereocenters.